The first-order valence-electron chi connectivity index (χ1n) is 5.64. The van der Waals surface area contributed by atoms with E-state index in [4.69, 9.17) is 20.8 Å². The lowest BCUT2D eigenvalue weighted by Crippen LogP contribution is -2.05. The Balaban J connectivity index is 2.00. The van der Waals surface area contributed by atoms with Gasteiger partial charge in [-0.05, 0) is 13.0 Å². The third-order valence-corrected chi connectivity index (χ3v) is 2.42. The number of ether oxygens (including phenoxy) is 1. The maximum Gasteiger partial charge on any atom is 0.158 e. The van der Waals surface area contributed by atoms with Crippen molar-refractivity contribution in [2.45, 2.75) is 20.1 Å². The zero-order chi connectivity index (χ0) is 12.8. The monoisotopic (exact) mass is 267 g/mol. The molecule has 6 heteroatoms. The number of hydrogen-bond donors (Lipinski definition) is 1. The third kappa shape index (κ3) is 3.72. The number of hydrogen-bond acceptors (Lipinski definition) is 5. The Morgan fingerprint density at radius 3 is 3.06 bits per heavy atom. The van der Waals surface area contributed by atoms with Crippen LogP contribution in [0.1, 0.15) is 18.3 Å². The molecule has 0 saturated carbocycles. The van der Waals surface area contributed by atoms with Gasteiger partial charge in [0.2, 0.25) is 0 Å². The van der Waals surface area contributed by atoms with Crippen molar-refractivity contribution in [3.63, 3.8) is 0 Å². The number of anilines is 1. The van der Waals surface area contributed by atoms with Crippen LogP contribution in [0, 0.1) is 0 Å². The number of aromatic nitrogens is 2. The summed E-state index contributed by atoms with van der Waals surface area (Å²) in [7, 11) is 0. The average Bonchev–Trinajstić information content (AvgIpc) is 2.86. The Morgan fingerprint density at radius 1 is 1.44 bits per heavy atom. The van der Waals surface area contributed by atoms with Crippen molar-refractivity contribution in [3.05, 3.63) is 41.2 Å². The lowest BCUT2D eigenvalue weighted by molar-refractivity contribution is 0.128. The quantitative estimate of drug-likeness (QED) is 0.816. The second kappa shape index (κ2) is 6.37. The zero-order valence-electron chi connectivity index (χ0n) is 10.0. The van der Waals surface area contributed by atoms with Crippen molar-refractivity contribution < 1.29 is 9.15 Å². The molecule has 18 heavy (non-hydrogen) atoms. The van der Waals surface area contributed by atoms with Crippen LogP contribution in [-0.2, 0) is 17.9 Å². The van der Waals surface area contributed by atoms with Gasteiger partial charge in [0, 0.05) is 24.8 Å². The molecular weight excluding hydrogens is 254 g/mol. The van der Waals surface area contributed by atoms with E-state index in [0.29, 0.717) is 36.6 Å². The van der Waals surface area contributed by atoms with Crippen LogP contribution >= 0.6 is 11.6 Å². The van der Waals surface area contributed by atoms with E-state index in [1.54, 1.807) is 18.6 Å². The van der Waals surface area contributed by atoms with Crippen LogP contribution in [0.4, 0.5) is 5.82 Å². The van der Waals surface area contributed by atoms with E-state index >= 15 is 0 Å². The first-order chi connectivity index (χ1) is 8.78. The maximum atomic E-state index is 5.92. The zero-order valence-corrected chi connectivity index (χ0v) is 10.8. The molecule has 0 spiro atoms. The first kappa shape index (κ1) is 12.9. The molecule has 0 bridgehead atoms. The lowest BCUT2D eigenvalue weighted by Gasteiger charge is -2.07. The molecule has 2 heterocycles. The summed E-state index contributed by atoms with van der Waals surface area (Å²) in [6, 6.07) is 3.56. The highest BCUT2D eigenvalue weighted by molar-refractivity contribution is 6.29. The number of furan rings is 1. The molecule has 0 aliphatic rings. The summed E-state index contributed by atoms with van der Waals surface area (Å²) in [5.74, 6) is 1.24. The summed E-state index contributed by atoms with van der Waals surface area (Å²) in [6.07, 6.45) is 3.31. The van der Waals surface area contributed by atoms with Gasteiger partial charge in [0.15, 0.2) is 5.82 Å². The van der Waals surface area contributed by atoms with Crippen LogP contribution in [0.3, 0.4) is 0 Å². The largest absolute Gasteiger partial charge is 0.472 e. The average molecular weight is 268 g/mol. The topological polar surface area (TPSA) is 60.2 Å². The standard InChI is InChI=1S/C12H14ClN3O2/c1-2-17-8-12-15-10(13)5-11(16-12)14-6-9-3-4-18-7-9/h3-5,7H,2,6,8H2,1H3,(H,14,15,16). The maximum absolute atomic E-state index is 5.92. The van der Waals surface area contributed by atoms with Gasteiger partial charge in [0.1, 0.15) is 17.6 Å². The van der Waals surface area contributed by atoms with Gasteiger partial charge in [-0.25, -0.2) is 9.97 Å². The van der Waals surface area contributed by atoms with E-state index < -0.39 is 0 Å². The summed E-state index contributed by atoms with van der Waals surface area (Å²) < 4.78 is 10.2. The number of rotatable bonds is 6. The minimum absolute atomic E-state index is 0.359. The molecule has 0 amide bonds. The normalized spacial score (nSPS) is 10.6. The van der Waals surface area contributed by atoms with Gasteiger partial charge in [0.25, 0.3) is 0 Å². The highest BCUT2D eigenvalue weighted by Crippen LogP contribution is 2.13. The number of nitrogens with one attached hydrogen (secondary N) is 1. The predicted octanol–water partition coefficient (Wildman–Crippen LogP) is 2.87. The summed E-state index contributed by atoms with van der Waals surface area (Å²) in [4.78, 5) is 8.40. The number of nitrogens with zero attached hydrogens (tertiary/aromatic N) is 2. The molecule has 2 aromatic heterocycles. The highest BCUT2D eigenvalue weighted by Gasteiger charge is 2.03. The Kier molecular flexibility index (Phi) is 4.55. The summed E-state index contributed by atoms with van der Waals surface area (Å²) >= 11 is 5.92. The van der Waals surface area contributed by atoms with E-state index in [1.165, 1.54) is 0 Å². The minimum Gasteiger partial charge on any atom is -0.472 e. The van der Waals surface area contributed by atoms with Crippen LogP contribution < -0.4 is 5.32 Å². The van der Waals surface area contributed by atoms with Crippen molar-refractivity contribution in [3.8, 4) is 0 Å². The van der Waals surface area contributed by atoms with Crippen LogP contribution in [0.5, 0.6) is 0 Å². The van der Waals surface area contributed by atoms with Crippen molar-refractivity contribution in [2.24, 2.45) is 0 Å². The van der Waals surface area contributed by atoms with Gasteiger partial charge in [-0.1, -0.05) is 11.6 Å². The number of halogens is 1. The minimum atomic E-state index is 0.359. The molecule has 0 unspecified atom stereocenters. The second-order valence-electron chi connectivity index (χ2n) is 3.61. The fourth-order valence-electron chi connectivity index (χ4n) is 1.40. The third-order valence-electron chi connectivity index (χ3n) is 2.23. The SMILES string of the molecule is CCOCc1nc(Cl)cc(NCc2ccoc2)n1. The second-order valence-corrected chi connectivity index (χ2v) is 4.00. The van der Waals surface area contributed by atoms with Gasteiger partial charge < -0.3 is 14.5 Å². The van der Waals surface area contributed by atoms with Crippen LogP contribution in [0.2, 0.25) is 5.15 Å². The van der Waals surface area contributed by atoms with E-state index in [1.807, 2.05) is 13.0 Å². The summed E-state index contributed by atoms with van der Waals surface area (Å²) in [5, 5.41) is 3.55. The van der Waals surface area contributed by atoms with Crippen LogP contribution in [0.15, 0.2) is 29.1 Å². The smallest absolute Gasteiger partial charge is 0.158 e. The van der Waals surface area contributed by atoms with Gasteiger partial charge in [0.05, 0.1) is 12.5 Å². The molecule has 96 valence electrons. The Morgan fingerprint density at radius 2 is 2.33 bits per heavy atom. The van der Waals surface area contributed by atoms with Crippen molar-refractivity contribution in [1.29, 1.82) is 0 Å². The molecule has 0 fully saturated rings. The van der Waals surface area contributed by atoms with Crippen LogP contribution in [-0.4, -0.2) is 16.6 Å². The predicted molar refractivity (Wildman–Crippen MR) is 68.4 cm³/mol. The van der Waals surface area contributed by atoms with E-state index in [2.05, 4.69) is 15.3 Å². The molecule has 0 aliphatic carbocycles. The highest BCUT2D eigenvalue weighted by atomic mass is 35.5. The molecule has 0 atom stereocenters. The Bertz CT molecular complexity index is 488. The van der Waals surface area contributed by atoms with E-state index in [-0.39, 0.29) is 0 Å². The first-order valence-corrected chi connectivity index (χ1v) is 6.02. The molecule has 0 radical (unpaired) electrons. The molecule has 2 aromatic rings. The lowest BCUT2D eigenvalue weighted by atomic mass is 10.3. The van der Waals surface area contributed by atoms with E-state index in [0.717, 1.165) is 5.56 Å². The van der Waals surface area contributed by atoms with Gasteiger partial charge >= 0.3 is 0 Å². The summed E-state index contributed by atoms with van der Waals surface area (Å²) in [6.45, 7) is 3.52. The molecule has 0 aliphatic heterocycles. The van der Waals surface area contributed by atoms with Crippen molar-refractivity contribution in [1.82, 2.24) is 9.97 Å². The molecule has 0 saturated heterocycles. The fraction of sp³-hybridized carbons (Fsp3) is 0.333. The van der Waals surface area contributed by atoms with Crippen LogP contribution in [0.25, 0.3) is 0 Å². The van der Waals surface area contributed by atoms with Crippen molar-refractivity contribution >= 4 is 17.4 Å². The van der Waals surface area contributed by atoms with Gasteiger partial charge in [-0.2, -0.15) is 0 Å². The van der Waals surface area contributed by atoms with Crippen molar-refractivity contribution in [2.75, 3.05) is 11.9 Å². The van der Waals surface area contributed by atoms with Gasteiger partial charge in [-0.15, -0.1) is 0 Å². The molecular formula is C12H14ClN3O2. The Hall–Kier alpha value is -1.59. The summed E-state index contributed by atoms with van der Waals surface area (Å²) in [5.41, 5.74) is 1.04. The Labute approximate surface area is 110 Å². The van der Waals surface area contributed by atoms with Gasteiger partial charge in [-0.3, -0.25) is 0 Å². The molecule has 1 N–H and O–H groups in total. The molecule has 5 nitrogen and oxygen atoms in total. The molecule has 2 rings (SSSR count). The fourth-order valence-corrected chi connectivity index (χ4v) is 1.60. The molecule has 0 aromatic carbocycles. The van der Waals surface area contributed by atoms with E-state index in [9.17, 15) is 0 Å².